The fourth-order valence-corrected chi connectivity index (χ4v) is 2.68. The molecule has 0 atom stereocenters. The van der Waals surface area contributed by atoms with Gasteiger partial charge < -0.3 is 0 Å². The summed E-state index contributed by atoms with van der Waals surface area (Å²) >= 11 is 0. The summed E-state index contributed by atoms with van der Waals surface area (Å²) in [5.41, 5.74) is 0.983. The number of amides is 1. The number of nitrogens with zero attached hydrogens (tertiary/aromatic N) is 1. The van der Waals surface area contributed by atoms with E-state index in [1.54, 1.807) is 12.1 Å². The highest BCUT2D eigenvalue weighted by molar-refractivity contribution is 7.90. The van der Waals surface area contributed by atoms with Gasteiger partial charge in [-0.2, -0.15) is 5.26 Å². The first-order chi connectivity index (χ1) is 10.5. The van der Waals surface area contributed by atoms with Gasteiger partial charge in [-0.05, 0) is 29.8 Å². The number of benzene rings is 2. The third-order valence-electron chi connectivity index (χ3n) is 2.74. The average molecular weight is 312 g/mol. The second-order valence-corrected chi connectivity index (χ2v) is 6.04. The summed E-state index contributed by atoms with van der Waals surface area (Å²) in [6, 6.07) is 16.3. The van der Waals surface area contributed by atoms with Crippen molar-refractivity contribution < 1.29 is 13.2 Å². The topological polar surface area (TPSA) is 87.0 Å². The van der Waals surface area contributed by atoms with E-state index in [1.807, 2.05) is 29.0 Å². The highest BCUT2D eigenvalue weighted by Crippen LogP contribution is 2.11. The van der Waals surface area contributed by atoms with Crippen molar-refractivity contribution in [2.45, 2.75) is 4.90 Å². The largest absolute Gasteiger partial charge is 0.269 e. The average Bonchev–Trinajstić information content (AvgIpc) is 2.53. The van der Waals surface area contributed by atoms with Gasteiger partial charge in [-0.1, -0.05) is 36.4 Å². The first kappa shape index (κ1) is 15.5. The Bertz CT molecular complexity index is 850. The molecule has 0 saturated heterocycles. The van der Waals surface area contributed by atoms with E-state index in [-0.39, 0.29) is 10.5 Å². The molecular formula is C16H12N2O3S. The molecule has 0 unspecified atom stereocenters. The summed E-state index contributed by atoms with van der Waals surface area (Å²) in [7, 11) is -4.00. The van der Waals surface area contributed by atoms with Crippen molar-refractivity contribution >= 4 is 22.0 Å². The summed E-state index contributed by atoms with van der Waals surface area (Å²) in [4.78, 5) is 11.6. The molecule has 0 fully saturated rings. The van der Waals surface area contributed by atoms with Crippen LogP contribution in [0.15, 0.2) is 65.6 Å². The van der Waals surface area contributed by atoms with Crippen LogP contribution >= 0.6 is 0 Å². The first-order valence-corrected chi connectivity index (χ1v) is 7.80. The minimum absolute atomic E-state index is 0.131. The molecule has 6 heteroatoms. The number of carbonyl (C=O) groups is 1. The molecule has 0 aliphatic heterocycles. The summed E-state index contributed by atoms with van der Waals surface area (Å²) in [6.07, 6.45) is 2.65. The van der Waals surface area contributed by atoms with Crippen LogP contribution in [0, 0.1) is 11.3 Å². The molecule has 0 radical (unpaired) electrons. The highest BCUT2D eigenvalue weighted by atomic mass is 32.2. The van der Waals surface area contributed by atoms with Gasteiger partial charge in [0.25, 0.3) is 15.9 Å². The number of nitrogens with one attached hydrogen (secondary N) is 1. The Labute approximate surface area is 128 Å². The van der Waals surface area contributed by atoms with Crippen LogP contribution < -0.4 is 4.72 Å². The van der Waals surface area contributed by atoms with Gasteiger partial charge in [0, 0.05) is 6.08 Å². The van der Waals surface area contributed by atoms with Gasteiger partial charge in [-0.25, -0.2) is 13.1 Å². The van der Waals surface area contributed by atoms with Crippen molar-refractivity contribution in [1.82, 2.24) is 4.72 Å². The Morgan fingerprint density at radius 1 is 1.09 bits per heavy atom. The molecule has 0 aliphatic rings. The zero-order chi connectivity index (χ0) is 16.0. The SMILES string of the molecule is N#Cc1cccc(S(=O)(=O)NC(=O)/C=C/c2ccccc2)c1. The van der Waals surface area contributed by atoms with Gasteiger partial charge in [0.05, 0.1) is 16.5 Å². The lowest BCUT2D eigenvalue weighted by atomic mass is 10.2. The maximum absolute atomic E-state index is 12.0. The third-order valence-corrected chi connectivity index (χ3v) is 4.08. The van der Waals surface area contributed by atoms with Crippen LogP contribution in [0.25, 0.3) is 6.08 Å². The lowest BCUT2D eigenvalue weighted by Crippen LogP contribution is -2.29. The van der Waals surface area contributed by atoms with Crippen LogP contribution in [0.2, 0.25) is 0 Å². The summed E-state index contributed by atoms with van der Waals surface area (Å²) in [6.45, 7) is 0. The van der Waals surface area contributed by atoms with Crippen molar-refractivity contribution in [2.75, 3.05) is 0 Å². The Kier molecular flexibility index (Phi) is 4.71. The zero-order valence-corrected chi connectivity index (χ0v) is 12.2. The van der Waals surface area contributed by atoms with Crippen molar-refractivity contribution in [2.24, 2.45) is 0 Å². The Morgan fingerprint density at radius 2 is 1.82 bits per heavy atom. The molecule has 110 valence electrons. The van der Waals surface area contributed by atoms with Crippen molar-refractivity contribution in [1.29, 1.82) is 5.26 Å². The smallest absolute Gasteiger partial charge is 0.264 e. The van der Waals surface area contributed by atoms with Gasteiger partial charge in [-0.15, -0.1) is 0 Å². The highest BCUT2D eigenvalue weighted by Gasteiger charge is 2.16. The minimum Gasteiger partial charge on any atom is -0.269 e. The maximum atomic E-state index is 12.0. The Balaban J connectivity index is 2.13. The Hall–Kier alpha value is -2.91. The van der Waals surface area contributed by atoms with Gasteiger partial charge >= 0.3 is 0 Å². The number of rotatable bonds is 4. The van der Waals surface area contributed by atoms with Gasteiger partial charge in [0.1, 0.15) is 0 Å². The standard InChI is InChI=1S/C16H12N2O3S/c17-12-14-7-4-8-15(11-14)22(20,21)18-16(19)10-9-13-5-2-1-3-6-13/h1-11H,(H,18,19)/b10-9+. The number of nitriles is 1. The van der Waals surface area contributed by atoms with Crippen LogP contribution in [0.4, 0.5) is 0 Å². The molecule has 1 amide bonds. The zero-order valence-electron chi connectivity index (χ0n) is 11.4. The van der Waals surface area contributed by atoms with E-state index < -0.39 is 15.9 Å². The molecule has 0 aromatic heterocycles. The van der Waals surface area contributed by atoms with E-state index in [2.05, 4.69) is 0 Å². The first-order valence-electron chi connectivity index (χ1n) is 6.31. The molecule has 5 nitrogen and oxygen atoms in total. The Morgan fingerprint density at radius 3 is 2.50 bits per heavy atom. The van der Waals surface area contributed by atoms with Crippen molar-refractivity contribution in [3.8, 4) is 6.07 Å². The van der Waals surface area contributed by atoms with E-state index in [1.165, 1.54) is 30.3 Å². The molecule has 2 rings (SSSR count). The summed E-state index contributed by atoms with van der Waals surface area (Å²) < 4.78 is 26.0. The number of sulfonamides is 1. The quantitative estimate of drug-likeness (QED) is 0.876. The fourth-order valence-electron chi connectivity index (χ4n) is 1.69. The van der Waals surface area contributed by atoms with E-state index in [0.717, 1.165) is 11.6 Å². The molecule has 1 N–H and O–H groups in total. The molecule has 0 aliphatic carbocycles. The van der Waals surface area contributed by atoms with Crippen molar-refractivity contribution in [3.63, 3.8) is 0 Å². The van der Waals surface area contributed by atoms with Gasteiger partial charge in [0.15, 0.2) is 0 Å². The summed E-state index contributed by atoms with van der Waals surface area (Å²) in [5.74, 6) is -0.758. The van der Waals surface area contributed by atoms with Crippen LogP contribution in [0.5, 0.6) is 0 Å². The van der Waals surface area contributed by atoms with Crippen LogP contribution in [-0.4, -0.2) is 14.3 Å². The molecule has 0 bridgehead atoms. The normalized spacial score (nSPS) is 11.0. The van der Waals surface area contributed by atoms with Crippen molar-refractivity contribution in [3.05, 3.63) is 71.8 Å². The fraction of sp³-hybridized carbons (Fsp3) is 0. The van der Waals surface area contributed by atoms with Gasteiger partial charge in [0.2, 0.25) is 0 Å². The number of carbonyl (C=O) groups excluding carboxylic acids is 1. The lowest BCUT2D eigenvalue weighted by molar-refractivity contribution is -0.114. The third kappa shape index (κ3) is 4.04. The molecular weight excluding hydrogens is 300 g/mol. The predicted molar refractivity (Wildman–Crippen MR) is 82.0 cm³/mol. The van der Waals surface area contributed by atoms with E-state index in [0.29, 0.717) is 0 Å². The molecule has 0 heterocycles. The second kappa shape index (κ2) is 6.70. The maximum Gasteiger partial charge on any atom is 0.264 e. The minimum atomic E-state index is -4.00. The molecule has 2 aromatic carbocycles. The monoisotopic (exact) mass is 312 g/mol. The number of hydrogen-bond donors (Lipinski definition) is 1. The lowest BCUT2D eigenvalue weighted by Gasteiger charge is -2.04. The second-order valence-electron chi connectivity index (χ2n) is 4.35. The molecule has 22 heavy (non-hydrogen) atoms. The van der Waals surface area contributed by atoms with E-state index >= 15 is 0 Å². The van der Waals surface area contributed by atoms with Crippen LogP contribution in [0.3, 0.4) is 0 Å². The molecule has 0 saturated carbocycles. The van der Waals surface area contributed by atoms with Crippen LogP contribution in [0.1, 0.15) is 11.1 Å². The van der Waals surface area contributed by atoms with Crippen LogP contribution in [-0.2, 0) is 14.8 Å². The van der Waals surface area contributed by atoms with E-state index in [4.69, 9.17) is 5.26 Å². The van der Waals surface area contributed by atoms with E-state index in [9.17, 15) is 13.2 Å². The van der Waals surface area contributed by atoms with Gasteiger partial charge in [-0.3, -0.25) is 4.79 Å². The predicted octanol–water partition coefficient (Wildman–Crippen LogP) is 2.08. The molecule has 0 spiro atoms. The molecule has 2 aromatic rings. The number of hydrogen-bond acceptors (Lipinski definition) is 4. The summed E-state index contributed by atoms with van der Waals surface area (Å²) in [5, 5.41) is 8.78.